The maximum absolute atomic E-state index is 10.6. The van der Waals surface area contributed by atoms with Crippen LogP contribution < -0.4 is 0 Å². The maximum Gasteiger partial charge on any atom is 0.0863 e. The largest absolute Gasteiger partial charge is 0.385 e. The van der Waals surface area contributed by atoms with Gasteiger partial charge in [-0.1, -0.05) is 37.3 Å². The average Bonchev–Trinajstić information content (AvgIpc) is 2.51. The van der Waals surface area contributed by atoms with Crippen LogP contribution in [0.25, 0.3) is 0 Å². The lowest BCUT2D eigenvalue weighted by atomic mass is 9.74. The van der Waals surface area contributed by atoms with Crippen LogP contribution in [0.4, 0.5) is 0 Å². The minimum atomic E-state index is -0.522. The molecule has 0 aromatic rings. The molecular weight excluding hydrogens is 184 g/mol. The van der Waals surface area contributed by atoms with E-state index in [0.717, 1.165) is 38.0 Å². The predicted octanol–water partition coefficient (Wildman–Crippen LogP) is 3.37. The molecule has 1 heteroatoms. The first-order valence-electron chi connectivity index (χ1n) is 5.96. The maximum atomic E-state index is 10.6. The van der Waals surface area contributed by atoms with Gasteiger partial charge in [-0.3, -0.25) is 0 Å². The lowest BCUT2D eigenvalue weighted by Gasteiger charge is -2.36. The molecule has 0 heterocycles. The van der Waals surface area contributed by atoms with E-state index < -0.39 is 5.60 Å². The Balaban J connectivity index is 2.11. The van der Waals surface area contributed by atoms with Crippen molar-refractivity contribution in [3.8, 4) is 0 Å². The summed E-state index contributed by atoms with van der Waals surface area (Å²) in [4.78, 5) is 0. The number of hydrogen-bond donors (Lipinski definition) is 1. The normalized spacial score (nSPS) is 36.1. The summed E-state index contributed by atoms with van der Waals surface area (Å²) in [6, 6.07) is 0. The lowest BCUT2D eigenvalue weighted by molar-refractivity contribution is 0.0252. The van der Waals surface area contributed by atoms with E-state index >= 15 is 0 Å². The van der Waals surface area contributed by atoms with E-state index in [-0.39, 0.29) is 0 Å². The van der Waals surface area contributed by atoms with Crippen LogP contribution >= 0.6 is 0 Å². The van der Waals surface area contributed by atoms with Crippen molar-refractivity contribution in [2.45, 2.75) is 44.6 Å². The van der Waals surface area contributed by atoms with Gasteiger partial charge >= 0.3 is 0 Å². The Hall–Kier alpha value is -0.820. The smallest absolute Gasteiger partial charge is 0.0863 e. The molecule has 15 heavy (non-hydrogen) atoms. The second-order valence-corrected chi connectivity index (χ2v) is 4.92. The summed E-state index contributed by atoms with van der Waals surface area (Å²) in [5, 5.41) is 10.6. The Morgan fingerprint density at radius 3 is 2.67 bits per heavy atom. The first-order valence-corrected chi connectivity index (χ1v) is 5.96. The van der Waals surface area contributed by atoms with E-state index in [9.17, 15) is 5.11 Å². The molecule has 1 nitrogen and oxygen atoms in total. The van der Waals surface area contributed by atoms with Crippen molar-refractivity contribution >= 4 is 0 Å². The average molecular weight is 204 g/mol. The van der Waals surface area contributed by atoms with Crippen LogP contribution in [-0.2, 0) is 0 Å². The fourth-order valence-corrected chi connectivity index (χ4v) is 2.48. The van der Waals surface area contributed by atoms with Crippen LogP contribution in [0.1, 0.15) is 39.0 Å². The molecule has 0 unspecified atom stereocenters. The SMILES string of the molecule is CC1CCC(O)(C2=CC=CC=CC2)CC1. The molecule has 0 aliphatic heterocycles. The van der Waals surface area contributed by atoms with E-state index in [1.165, 1.54) is 5.57 Å². The minimum Gasteiger partial charge on any atom is -0.385 e. The standard InChI is InChI=1S/C14H20O/c1-12-8-10-14(15,11-9-12)13-6-4-2-3-5-7-13/h2-6,12,15H,7-11H2,1H3. The van der Waals surface area contributed by atoms with Gasteiger partial charge in [0, 0.05) is 0 Å². The number of allylic oxidation sites excluding steroid dienone is 5. The van der Waals surface area contributed by atoms with Gasteiger partial charge in [-0.25, -0.2) is 0 Å². The van der Waals surface area contributed by atoms with Gasteiger partial charge in [0.05, 0.1) is 5.60 Å². The fourth-order valence-electron chi connectivity index (χ4n) is 2.48. The van der Waals surface area contributed by atoms with Gasteiger partial charge in [-0.15, -0.1) is 0 Å². The number of aliphatic hydroxyl groups is 1. The Kier molecular flexibility index (Phi) is 3.11. The summed E-state index contributed by atoms with van der Waals surface area (Å²) >= 11 is 0. The van der Waals surface area contributed by atoms with Crippen molar-refractivity contribution in [3.63, 3.8) is 0 Å². The van der Waals surface area contributed by atoms with Crippen LogP contribution in [0.2, 0.25) is 0 Å². The van der Waals surface area contributed by atoms with E-state index in [2.05, 4.69) is 25.2 Å². The Morgan fingerprint density at radius 1 is 1.20 bits per heavy atom. The van der Waals surface area contributed by atoms with Gasteiger partial charge in [-0.2, -0.15) is 0 Å². The molecule has 2 aliphatic carbocycles. The van der Waals surface area contributed by atoms with Crippen LogP contribution in [0.15, 0.2) is 36.0 Å². The molecule has 1 N–H and O–H groups in total. The third-order valence-corrected chi connectivity index (χ3v) is 3.69. The fraction of sp³-hybridized carbons (Fsp3) is 0.571. The van der Waals surface area contributed by atoms with Crippen LogP contribution in [0.3, 0.4) is 0 Å². The molecule has 0 radical (unpaired) electrons. The molecule has 0 saturated heterocycles. The molecule has 0 spiro atoms. The zero-order valence-electron chi connectivity index (χ0n) is 9.45. The van der Waals surface area contributed by atoms with Gasteiger partial charge in [0.15, 0.2) is 0 Å². The molecule has 1 fully saturated rings. The van der Waals surface area contributed by atoms with Crippen molar-refractivity contribution in [1.82, 2.24) is 0 Å². The molecule has 0 bridgehead atoms. The Morgan fingerprint density at radius 2 is 1.93 bits per heavy atom. The quantitative estimate of drug-likeness (QED) is 0.694. The van der Waals surface area contributed by atoms with Crippen molar-refractivity contribution < 1.29 is 5.11 Å². The molecule has 82 valence electrons. The Labute approximate surface area is 92.2 Å². The molecular formula is C14H20O. The Bertz CT molecular complexity index is 301. The summed E-state index contributed by atoms with van der Waals surface area (Å²) in [7, 11) is 0. The van der Waals surface area contributed by atoms with Crippen LogP contribution in [0.5, 0.6) is 0 Å². The van der Waals surface area contributed by atoms with E-state index in [1.54, 1.807) is 0 Å². The summed E-state index contributed by atoms with van der Waals surface area (Å²) < 4.78 is 0. The van der Waals surface area contributed by atoms with Gasteiger partial charge < -0.3 is 5.11 Å². The number of hydrogen-bond acceptors (Lipinski definition) is 1. The summed E-state index contributed by atoms with van der Waals surface area (Å²) in [5.74, 6) is 0.780. The highest BCUT2D eigenvalue weighted by Crippen LogP contribution is 2.38. The molecule has 0 aromatic heterocycles. The second kappa shape index (κ2) is 4.36. The molecule has 2 rings (SSSR count). The third kappa shape index (κ3) is 2.40. The van der Waals surface area contributed by atoms with Crippen LogP contribution in [-0.4, -0.2) is 10.7 Å². The third-order valence-electron chi connectivity index (χ3n) is 3.69. The molecule has 0 amide bonds. The van der Waals surface area contributed by atoms with E-state index in [1.807, 2.05) is 12.2 Å². The topological polar surface area (TPSA) is 20.2 Å². The minimum absolute atomic E-state index is 0.522. The highest BCUT2D eigenvalue weighted by Gasteiger charge is 2.34. The van der Waals surface area contributed by atoms with Crippen molar-refractivity contribution in [2.75, 3.05) is 0 Å². The first kappa shape index (κ1) is 10.7. The zero-order valence-corrected chi connectivity index (χ0v) is 9.45. The van der Waals surface area contributed by atoms with Crippen LogP contribution in [0, 0.1) is 5.92 Å². The van der Waals surface area contributed by atoms with E-state index in [0.29, 0.717) is 0 Å². The lowest BCUT2D eigenvalue weighted by Crippen LogP contribution is -2.35. The zero-order chi connectivity index (χ0) is 10.7. The second-order valence-electron chi connectivity index (χ2n) is 4.92. The van der Waals surface area contributed by atoms with Gasteiger partial charge in [-0.05, 0) is 43.6 Å². The monoisotopic (exact) mass is 204 g/mol. The molecule has 0 atom stereocenters. The molecule has 0 aromatic carbocycles. The summed E-state index contributed by atoms with van der Waals surface area (Å²) in [6.07, 6.45) is 15.4. The summed E-state index contributed by atoms with van der Waals surface area (Å²) in [6.45, 7) is 2.28. The van der Waals surface area contributed by atoms with Crippen molar-refractivity contribution in [2.24, 2.45) is 5.92 Å². The molecule has 2 aliphatic rings. The van der Waals surface area contributed by atoms with Gasteiger partial charge in [0.1, 0.15) is 0 Å². The van der Waals surface area contributed by atoms with Crippen molar-refractivity contribution in [1.29, 1.82) is 0 Å². The predicted molar refractivity (Wildman–Crippen MR) is 63.6 cm³/mol. The highest BCUT2D eigenvalue weighted by atomic mass is 16.3. The number of rotatable bonds is 1. The van der Waals surface area contributed by atoms with E-state index in [4.69, 9.17) is 0 Å². The first-order chi connectivity index (χ1) is 7.21. The molecule has 1 saturated carbocycles. The van der Waals surface area contributed by atoms with Gasteiger partial charge in [0.2, 0.25) is 0 Å². The summed E-state index contributed by atoms with van der Waals surface area (Å²) in [5.41, 5.74) is 0.672. The highest BCUT2D eigenvalue weighted by molar-refractivity contribution is 5.29. The van der Waals surface area contributed by atoms with Crippen molar-refractivity contribution in [3.05, 3.63) is 36.0 Å². The van der Waals surface area contributed by atoms with Gasteiger partial charge in [0.25, 0.3) is 0 Å².